The molecule has 0 saturated heterocycles. The second kappa shape index (κ2) is 12.9. The maximum absolute atomic E-state index is 11.6. The Labute approximate surface area is 123 Å². The van der Waals surface area contributed by atoms with Crippen LogP contribution in [0.5, 0.6) is 0 Å². The lowest BCUT2D eigenvalue weighted by atomic mass is 9.99. The third-order valence-corrected chi connectivity index (χ3v) is 3.10. The molecule has 0 N–H and O–H groups in total. The predicted molar refractivity (Wildman–Crippen MR) is 79.4 cm³/mol. The van der Waals surface area contributed by atoms with E-state index >= 15 is 0 Å². The van der Waals surface area contributed by atoms with Crippen LogP contribution < -0.4 is 0 Å². The summed E-state index contributed by atoms with van der Waals surface area (Å²) in [5, 5.41) is 0. The zero-order chi connectivity index (χ0) is 15.2. The largest absolute Gasteiger partial charge is 0.466 e. The molecule has 0 rings (SSSR count). The Bertz CT molecular complexity index is 257. The van der Waals surface area contributed by atoms with Crippen LogP contribution in [0, 0.1) is 5.92 Å². The van der Waals surface area contributed by atoms with Crippen molar-refractivity contribution in [1.29, 1.82) is 0 Å². The average molecular weight is 286 g/mol. The molecule has 0 heterocycles. The van der Waals surface area contributed by atoms with E-state index in [-0.39, 0.29) is 11.9 Å². The van der Waals surface area contributed by atoms with Crippen molar-refractivity contribution in [1.82, 2.24) is 0 Å². The van der Waals surface area contributed by atoms with Crippen LogP contribution in [-0.2, 0) is 19.1 Å². The molecule has 4 nitrogen and oxygen atoms in total. The molecule has 0 aromatic heterocycles. The molecule has 20 heavy (non-hydrogen) atoms. The Balaban J connectivity index is 3.68. The van der Waals surface area contributed by atoms with Gasteiger partial charge in [0.15, 0.2) is 0 Å². The molecule has 0 aliphatic heterocycles. The monoisotopic (exact) mass is 286 g/mol. The van der Waals surface area contributed by atoms with E-state index in [4.69, 9.17) is 9.47 Å². The van der Waals surface area contributed by atoms with E-state index < -0.39 is 0 Å². The topological polar surface area (TPSA) is 52.6 Å². The zero-order valence-corrected chi connectivity index (χ0v) is 13.3. The summed E-state index contributed by atoms with van der Waals surface area (Å²) in [7, 11) is 0. The van der Waals surface area contributed by atoms with Gasteiger partial charge in [-0.1, -0.05) is 33.6 Å². The number of rotatable bonds is 12. The highest BCUT2D eigenvalue weighted by atomic mass is 16.5. The second-order valence-corrected chi connectivity index (χ2v) is 5.20. The lowest BCUT2D eigenvalue weighted by Gasteiger charge is -2.15. The van der Waals surface area contributed by atoms with Crippen LogP contribution in [0.2, 0.25) is 0 Å². The molecule has 0 unspecified atom stereocenters. The van der Waals surface area contributed by atoms with Gasteiger partial charge in [-0.2, -0.15) is 0 Å². The summed E-state index contributed by atoms with van der Waals surface area (Å²) in [6, 6.07) is 0. The standard InChI is InChI=1S/C16H30O4/c1-4-8-14(9-5-2)13-20-16(18)11-7-10-15(17)19-12-6-3/h14H,4-13H2,1-3H3. The number of ether oxygens (including phenoxy) is 2. The molecule has 0 atom stereocenters. The van der Waals surface area contributed by atoms with E-state index in [1.165, 1.54) is 0 Å². The molecule has 0 aromatic carbocycles. The molecule has 4 heteroatoms. The summed E-state index contributed by atoms with van der Waals surface area (Å²) in [6.07, 6.45) is 6.36. The van der Waals surface area contributed by atoms with Crippen LogP contribution in [0.15, 0.2) is 0 Å². The first kappa shape index (κ1) is 18.9. The van der Waals surface area contributed by atoms with E-state index in [1.807, 2.05) is 6.92 Å². The van der Waals surface area contributed by atoms with Crippen molar-refractivity contribution >= 4 is 11.9 Å². The average Bonchev–Trinajstić information content (AvgIpc) is 2.43. The maximum atomic E-state index is 11.6. The third-order valence-electron chi connectivity index (χ3n) is 3.10. The number of hydrogen-bond donors (Lipinski definition) is 0. The van der Waals surface area contributed by atoms with Crippen molar-refractivity contribution in [2.45, 2.75) is 72.1 Å². The van der Waals surface area contributed by atoms with Gasteiger partial charge in [-0.25, -0.2) is 0 Å². The molecule has 0 radical (unpaired) electrons. The number of carbonyl (C=O) groups excluding carboxylic acids is 2. The quantitative estimate of drug-likeness (QED) is 0.511. The first-order chi connectivity index (χ1) is 9.63. The van der Waals surface area contributed by atoms with Gasteiger partial charge in [0.05, 0.1) is 13.2 Å². The number of hydrogen-bond acceptors (Lipinski definition) is 4. The lowest BCUT2D eigenvalue weighted by molar-refractivity contribution is -0.146. The summed E-state index contributed by atoms with van der Waals surface area (Å²) >= 11 is 0. The predicted octanol–water partition coefficient (Wildman–Crippen LogP) is 3.87. The highest BCUT2D eigenvalue weighted by Gasteiger charge is 2.11. The van der Waals surface area contributed by atoms with Crippen LogP contribution in [-0.4, -0.2) is 25.2 Å². The Hall–Kier alpha value is -1.06. The van der Waals surface area contributed by atoms with Gasteiger partial charge in [0.2, 0.25) is 0 Å². The molecule has 0 amide bonds. The Morgan fingerprint density at radius 3 is 1.90 bits per heavy atom. The SMILES string of the molecule is CCCOC(=O)CCCC(=O)OCC(CCC)CCC. The molecule has 0 aliphatic carbocycles. The molecule has 118 valence electrons. The fourth-order valence-corrected chi connectivity index (χ4v) is 2.08. The lowest BCUT2D eigenvalue weighted by Crippen LogP contribution is -2.14. The van der Waals surface area contributed by atoms with E-state index in [9.17, 15) is 9.59 Å². The van der Waals surface area contributed by atoms with Crippen molar-refractivity contribution in [3.05, 3.63) is 0 Å². The van der Waals surface area contributed by atoms with Gasteiger partial charge in [-0.05, 0) is 31.6 Å². The minimum absolute atomic E-state index is 0.203. The molecule has 0 saturated carbocycles. The van der Waals surface area contributed by atoms with Crippen molar-refractivity contribution in [2.75, 3.05) is 13.2 Å². The molecule has 0 aromatic rings. The van der Waals surface area contributed by atoms with Crippen LogP contribution in [0.1, 0.15) is 72.1 Å². The number of carbonyl (C=O) groups is 2. The summed E-state index contributed by atoms with van der Waals surface area (Å²) in [4.78, 5) is 22.8. The summed E-state index contributed by atoms with van der Waals surface area (Å²) in [5.74, 6) is 0.0449. The van der Waals surface area contributed by atoms with Gasteiger partial charge >= 0.3 is 11.9 Å². The summed E-state index contributed by atoms with van der Waals surface area (Å²) < 4.78 is 10.2. The zero-order valence-electron chi connectivity index (χ0n) is 13.3. The van der Waals surface area contributed by atoms with E-state index in [0.717, 1.165) is 32.1 Å². The van der Waals surface area contributed by atoms with Crippen molar-refractivity contribution < 1.29 is 19.1 Å². The van der Waals surface area contributed by atoms with Crippen molar-refractivity contribution in [3.63, 3.8) is 0 Å². The highest BCUT2D eigenvalue weighted by molar-refractivity contribution is 5.72. The Kier molecular flexibility index (Phi) is 12.3. The highest BCUT2D eigenvalue weighted by Crippen LogP contribution is 2.14. The van der Waals surface area contributed by atoms with Gasteiger partial charge in [-0.15, -0.1) is 0 Å². The fourth-order valence-electron chi connectivity index (χ4n) is 2.08. The smallest absolute Gasteiger partial charge is 0.305 e. The Morgan fingerprint density at radius 1 is 0.850 bits per heavy atom. The van der Waals surface area contributed by atoms with Crippen LogP contribution >= 0.6 is 0 Å². The van der Waals surface area contributed by atoms with E-state index in [2.05, 4.69) is 13.8 Å². The second-order valence-electron chi connectivity index (χ2n) is 5.20. The van der Waals surface area contributed by atoms with Gasteiger partial charge in [0.1, 0.15) is 0 Å². The normalized spacial score (nSPS) is 10.6. The van der Waals surface area contributed by atoms with Crippen LogP contribution in [0.25, 0.3) is 0 Å². The van der Waals surface area contributed by atoms with Crippen molar-refractivity contribution in [2.24, 2.45) is 5.92 Å². The van der Waals surface area contributed by atoms with Crippen molar-refractivity contribution in [3.8, 4) is 0 Å². The first-order valence-electron chi connectivity index (χ1n) is 7.95. The van der Waals surface area contributed by atoms with Crippen LogP contribution in [0.4, 0.5) is 0 Å². The van der Waals surface area contributed by atoms with E-state index in [1.54, 1.807) is 0 Å². The molecular weight excluding hydrogens is 256 g/mol. The van der Waals surface area contributed by atoms with E-state index in [0.29, 0.717) is 38.4 Å². The fraction of sp³-hybridized carbons (Fsp3) is 0.875. The minimum Gasteiger partial charge on any atom is -0.466 e. The maximum Gasteiger partial charge on any atom is 0.305 e. The summed E-state index contributed by atoms with van der Waals surface area (Å²) in [5.41, 5.74) is 0. The molecule has 0 fully saturated rings. The molecular formula is C16H30O4. The number of esters is 2. The molecule has 0 spiro atoms. The first-order valence-corrected chi connectivity index (χ1v) is 7.95. The van der Waals surface area contributed by atoms with Gasteiger partial charge in [0, 0.05) is 12.8 Å². The molecule has 0 aliphatic rings. The minimum atomic E-state index is -0.227. The third kappa shape index (κ3) is 10.8. The summed E-state index contributed by atoms with van der Waals surface area (Å²) in [6.45, 7) is 7.21. The van der Waals surface area contributed by atoms with Gasteiger partial charge in [0.25, 0.3) is 0 Å². The Morgan fingerprint density at radius 2 is 1.40 bits per heavy atom. The van der Waals surface area contributed by atoms with Gasteiger partial charge < -0.3 is 9.47 Å². The van der Waals surface area contributed by atoms with Gasteiger partial charge in [-0.3, -0.25) is 9.59 Å². The van der Waals surface area contributed by atoms with Crippen LogP contribution in [0.3, 0.4) is 0 Å². The molecule has 0 bridgehead atoms.